The molecule has 1 aliphatic heterocycles. The number of halogens is 2. The number of hydrogen-bond acceptors (Lipinski definition) is 4. The summed E-state index contributed by atoms with van der Waals surface area (Å²) in [4.78, 5) is 25.0. The number of nitrogens with zero attached hydrogens (tertiary/aromatic N) is 1. The Balaban J connectivity index is 1.98. The van der Waals surface area contributed by atoms with Gasteiger partial charge in [0.1, 0.15) is 5.82 Å². The quantitative estimate of drug-likeness (QED) is 0.840. The van der Waals surface area contributed by atoms with E-state index >= 15 is 0 Å². The van der Waals surface area contributed by atoms with Crippen molar-refractivity contribution < 1.29 is 22.4 Å². The number of hydrogen-bond donors (Lipinski definition) is 1. The standard InChI is InChI=1S/C18H16ClFN2O4S/c1-18(2)10-27(25,26)22(17(18)24)13-6-7-15(19)14(9-13)16(23)21-12-5-3-4-11(20)8-12/h3-9H,10H2,1-2H3,(H,21,23). The average molecular weight is 411 g/mol. The molecule has 0 radical (unpaired) electrons. The third kappa shape index (κ3) is 3.68. The van der Waals surface area contributed by atoms with Crippen LogP contribution in [-0.2, 0) is 14.8 Å². The summed E-state index contributed by atoms with van der Waals surface area (Å²) in [5, 5.41) is 2.56. The molecule has 0 atom stereocenters. The van der Waals surface area contributed by atoms with Crippen molar-refractivity contribution >= 4 is 44.8 Å². The number of sulfonamides is 1. The summed E-state index contributed by atoms with van der Waals surface area (Å²) in [6.07, 6.45) is 0. The number of amides is 2. The van der Waals surface area contributed by atoms with E-state index < -0.39 is 33.1 Å². The second kappa shape index (κ2) is 6.61. The highest BCUT2D eigenvalue weighted by atomic mass is 35.5. The number of nitrogens with one attached hydrogen (secondary N) is 1. The molecular formula is C18H16ClFN2O4S. The van der Waals surface area contributed by atoms with Crippen LogP contribution in [0.2, 0.25) is 5.02 Å². The largest absolute Gasteiger partial charge is 0.322 e. The van der Waals surface area contributed by atoms with Gasteiger partial charge in [0.15, 0.2) is 0 Å². The molecular weight excluding hydrogens is 395 g/mol. The second-order valence-electron chi connectivity index (χ2n) is 6.84. The van der Waals surface area contributed by atoms with Gasteiger partial charge in [-0.1, -0.05) is 17.7 Å². The Labute approximate surface area is 161 Å². The lowest BCUT2D eigenvalue weighted by Gasteiger charge is -2.18. The lowest BCUT2D eigenvalue weighted by molar-refractivity contribution is -0.123. The lowest BCUT2D eigenvalue weighted by Crippen LogP contribution is -2.33. The van der Waals surface area contributed by atoms with Crippen LogP contribution in [0, 0.1) is 11.2 Å². The van der Waals surface area contributed by atoms with Gasteiger partial charge in [0.25, 0.3) is 5.91 Å². The van der Waals surface area contributed by atoms with Crippen LogP contribution >= 0.6 is 11.6 Å². The fourth-order valence-electron chi connectivity index (χ4n) is 2.84. The summed E-state index contributed by atoms with van der Waals surface area (Å²) in [5.41, 5.74) is -0.861. The zero-order chi connectivity index (χ0) is 20.0. The molecule has 0 spiro atoms. The molecule has 0 saturated carbocycles. The van der Waals surface area contributed by atoms with Crippen molar-refractivity contribution in [3.8, 4) is 0 Å². The first-order valence-electron chi connectivity index (χ1n) is 7.95. The minimum absolute atomic E-state index is 0.0272. The van der Waals surface area contributed by atoms with Crippen LogP contribution < -0.4 is 9.62 Å². The second-order valence-corrected chi connectivity index (χ2v) is 9.06. The topological polar surface area (TPSA) is 83.6 Å². The Kier molecular flexibility index (Phi) is 4.73. The van der Waals surface area contributed by atoms with E-state index in [-0.39, 0.29) is 27.7 Å². The molecule has 1 saturated heterocycles. The molecule has 1 N–H and O–H groups in total. The van der Waals surface area contributed by atoms with Crippen LogP contribution in [0.3, 0.4) is 0 Å². The molecule has 2 aromatic carbocycles. The smallest absolute Gasteiger partial charge is 0.257 e. The average Bonchev–Trinajstić information content (AvgIpc) is 2.71. The highest BCUT2D eigenvalue weighted by Gasteiger charge is 2.50. The summed E-state index contributed by atoms with van der Waals surface area (Å²) in [5.74, 6) is -2.09. The molecule has 0 aliphatic carbocycles. The monoisotopic (exact) mass is 410 g/mol. The maximum Gasteiger partial charge on any atom is 0.257 e. The van der Waals surface area contributed by atoms with Crippen LogP contribution in [0.1, 0.15) is 24.2 Å². The van der Waals surface area contributed by atoms with Gasteiger partial charge in [-0.05, 0) is 50.2 Å². The molecule has 0 aromatic heterocycles. The highest BCUT2D eigenvalue weighted by Crippen LogP contribution is 2.37. The predicted molar refractivity (Wildman–Crippen MR) is 101 cm³/mol. The van der Waals surface area contributed by atoms with E-state index in [4.69, 9.17) is 11.6 Å². The van der Waals surface area contributed by atoms with Crippen molar-refractivity contribution in [2.75, 3.05) is 15.4 Å². The van der Waals surface area contributed by atoms with Gasteiger partial charge in [-0.15, -0.1) is 0 Å². The molecule has 2 amide bonds. The van der Waals surface area contributed by atoms with Gasteiger partial charge in [-0.3, -0.25) is 9.59 Å². The van der Waals surface area contributed by atoms with Crippen molar-refractivity contribution in [3.05, 3.63) is 58.9 Å². The van der Waals surface area contributed by atoms with Crippen molar-refractivity contribution in [1.29, 1.82) is 0 Å². The molecule has 1 heterocycles. The van der Waals surface area contributed by atoms with Crippen LogP contribution in [0.4, 0.5) is 15.8 Å². The normalized spacial score (nSPS) is 17.8. The van der Waals surface area contributed by atoms with E-state index in [1.165, 1.54) is 36.4 Å². The first kappa shape index (κ1) is 19.3. The van der Waals surface area contributed by atoms with Gasteiger partial charge in [0.05, 0.1) is 27.4 Å². The Morgan fingerprint density at radius 3 is 2.52 bits per heavy atom. The molecule has 1 aliphatic rings. The molecule has 9 heteroatoms. The van der Waals surface area contributed by atoms with E-state index in [0.29, 0.717) is 4.31 Å². The number of anilines is 2. The number of rotatable bonds is 3. The number of carbonyl (C=O) groups excluding carboxylic acids is 2. The minimum Gasteiger partial charge on any atom is -0.322 e. The molecule has 0 bridgehead atoms. The van der Waals surface area contributed by atoms with Crippen LogP contribution in [0.5, 0.6) is 0 Å². The van der Waals surface area contributed by atoms with Gasteiger partial charge >= 0.3 is 0 Å². The summed E-state index contributed by atoms with van der Waals surface area (Å²) in [6, 6.07) is 9.22. The third-order valence-electron chi connectivity index (χ3n) is 4.10. The Morgan fingerprint density at radius 2 is 1.93 bits per heavy atom. The molecule has 6 nitrogen and oxygen atoms in total. The minimum atomic E-state index is -3.86. The zero-order valence-corrected chi connectivity index (χ0v) is 16.1. The van der Waals surface area contributed by atoms with Crippen LogP contribution in [-0.4, -0.2) is 26.0 Å². The Hall–Kier alpha value is -2.45. The fraction of sp³-hybridized carbons (Fsp3) is 0.222. The Bertz CT molecular complexity index is 1050. The first-order chi connectivity index (χ1) is 12.5. The summed E-state index contributed by atoms with van der Waals surface area (Å²) in [7, 11) is -3.86. The number of benzene rings is 2. The maximum atomic E-state index is 13.3. The Morgan fingerprint density at radius 1 is 1.22 bits per heavy atom. The van der Waals surface area contributed by atoms with Crippen LogP contribution in [0.15, 0.2) is 42.5 Å². The molecule has 0 unspecified atom stereocenters. The van der Waals surface area contributed by atoms with Gasteiger partial charge in [0.2, 0.25) is 15.9 Å². The third-order valence-corrected chi connectivity index (χ3v) is 6.45. The van der Waals surface area contributed by atoms with Crippen molar-refractivity contribution in [3.63, 3.8) is 0 Å². The van der Waals surface area contributed by atoms with Crippen molar-refractivity contribution in [2.24, 2.45) is 5.41 Å². The summed E-state index contributed by atoms with van der Waals surface area (Å²) < 4.78 is 38.8. The highest BCUT2D eigenvalue weighted by molar-refractivity contribution is 7.94. The molecule has 27 heavy (non-hydrogen) atoms. The van der Waals surface area contributed by atoms with Crippen molar-refractivity contribution in [1.82, 2.24) is 0 Å². The summed E-state index contributed by atoms with van der Waals surface area (Å²) >= 11 is 6.07. The van der Waals surface area contributed by atoms with E-state index in [9.17, 15) is 22.4 Å². The lowest BCUT2D eigenvalue weighted by atomic mass is 9.95. The van der Waals surface area contributed by atoms with Crippen molar-refractivity contribution in [2.45, 2.75) is 13.8 Å². The zero-order valence-electron chi connectivity index (χ0n) is 14.5. The van der Waals surface area contributed by atoms with E-state index in [2.05, 4.69) is 5.32 Å². The van der Waals surface area contributed by atoms with E-state index in [0.717, 1.165) is 6.07 Å². The molecule has 1 fully saturated rings. The molecule has 2 aromatic rings. The number of carbonyl (C=O) groups is 2. The predicted octanol–water partition coefficient (Wildman–Crippen LogP) is 3.43. The van der Waals surface area contributed by atoms with Gasteiger partial charge in [-0.25, -0.2) is 17.1 Å². The maximum absolute atomic E-state index is 13.3. The van der Waals surface area contributed by atoms with Gasteiger partial charge in [-0.2, -0.15) is 0 Å². The summed E-state index contributed by atoms with van der Waals surface area (Å²) in [6.45, 7) is 3.08. The van der Waals surface area contributed by atoms with E-state index in [1.807, 2.05) is 0 Å². The molecule has 3 rings (SSSR count). The van der Waals surface area contributed by atoms with E-state index in [1.54, 1.807) is 13.8 Å². The van der Waals surface area contributed by atoms with Gasteiger partial charge < -0.3 is 5.32 Å². The molecule has 142 valence electrons. The van der Waals surface area contributed by atoms with Gasteiger partial charge in [0, 0.05) is 5.69 Å². The SMILES string of the molecule is CC1(C)CS(=O)(=O)N(c2ccc(Cl)c(C(=O)Nc3cccc(F)c3)c2)C1=O. The fourth-order valence-corrected chi connectivity index (χ4v) is 5.14. The van der Waals surface area contributed by atoms with Crippen LogP contribution in [0.25, 0.3) is 0 Å². The first-order valence-corrected chi connectivity index (χ1v) is 9.94.